The van der Waals surface area contributed by atoms with E-state index in [1.165, 1.54) is 17.2 Å². The van der Waals surface area contributed by atoms with E-state index < -0.39 is 0 Å². The van der Waals surface area contributed by atoms with Crippen molar-refractivity contribution in [3.63, 3.8) is 0 Å². The number of rotatable bonds is 5. The molecule has 0 saturated heterocycles. The zero-order valence-electron chi connectivity index (χ0n) is 12.3. The molecule has 0 unspecified atom stereocenters. The van der Waals surface area contributed by atoms with Crippen LogP contribution in [-0.2, 0) is 13.1 Å². The van der Waals surface area contributed by atoms with Gasteiger partial charge in [0.25, 0.3) is 0 Å². The van der Waals surface area contributed by atoms with E-state index >= 15 is 0 Å². The fourth-order valence-corrected chi connectivity index (χ4v) is 2.31. The molecule has 4 heteroatoms. The van der Waals surface area contributed by atoms with E-state index in [1.54, 1.807) is 12.1 Å². The second-order valence-corrected chi connectivity index (χ2v) is 5.77. The molecule has 0 spiro atoms. The van der Waals surface area contributed by atoms with Gasteiger partial charge in [-0.3, -0.25) is 4.90 Å². The lowest BCUT2D eigenvalue weighted by molar-refractivity contribution is 0.313. The molecule has 0 amide bonds. The van der Waals surface area contributed by atoms with Crippen LogP contribution in [0.2, 0.25) is 0 Å². The first-order chi connectivity index (χ1) is 9.95. The molecule has 2 nitrogen and oxygen atoms in total. The van der Waals surface area contributed by atoms with Crippen LogP contribution in [-0.4, -0.2) is 16.9 Å². The Bertz CT molecular complexity index is 638. The van der Waals surface area contributed by atoms with E-state index in [1.807, 2.05) is 7.05 Å². The Kier molecular flexibility index (Phi) is 5.04. The van der Waals surface area contributed by atoms with Gasteiger partial charge in [-0.05, 0) is 25.6 Å². The van der Waals surface area contributed by atoms with Gasteiger partial charge in [-0.15, -0.1) is 0 Å². The van der Waals surface area contributed by atoms with Crippen LogP contribution in [0.1, 0.15) is 22.3 Å². The largest absolute Gasteiger partial charge is 0.389 e. The van der Waals surface area contributed by atoms with Crippen LogP contribution in [0.3, 0.4) is 0 Å². The van der Waals surface area contributed by atoms with E-state index in [9.17, 15) is 4.39 Å². The van der Waals surface area contributed by atoms with Gasteiger partial charge in [0.15, 0.2) is 0 Å². The van der Waals surface area contributed by atoms with Crippen molar-refractivity contribution < 1.29 is 4.39 Å². The summed E-state index contributed by atoms with van der Waals surface area (Å²) in [5.74, 6) is -0.268. The Hall–Kier alpha value is -1.78. The first-order valence-electron chi connectivity index (χ1n) is 6.78. The van der Waals surface area contributed by atoms with Crippen molar-refractivity contribution in [2.45, 2.75) is 20.0 Å². The molecule has 0 aliphatic heterocycles. The van der Waals surface area contributed by atoms with Gasteiger partial charge in [0.05, 0.1) is 0 Å². The summed E-state index contributed by atoms with van der Waals surface area (Å²) in [6.07, 6.45) is 0. The Morgan fingerprint density at radius 3 is 2.38 bits per heavy atom. The molecule has 2 N–H and O–H groups in total. The number of benzene rings is 2. The molecule has 0 aliphatic carbocycles. The maximum Gasteiger partial charge on any atom is 0.128 e. The highest BCUT2D eigenvalue weighted by Gasteiger charge is 2.08. The number of hydrogen-bond acceptors (Lipinski definition) is 2. The Labute approximate surface area is 130 Å². The second kappa shape index (κ2) is 6.78. The highest BCUT2D eigenvalue weighted by molar-refractivity contribution is 7.80. The van der Waals surface area contributed by atoms with Crippen molar-refractivity contribution in [2.75, 3.05) is 7.05 Å². The normalized spacial score (nSPS) is 10.9. The predicted octanol–water partition coefficient (Wildman–Crippen LogP) is 3.40. The summed E-state index contributed by atoms with van der Waals surface area (Å²) in [6.45, 7) is 3.38. The summed E-state index contributed by atoms with van der Waals surface area (Å²) in [5.41, 5.74) is 9.16. The maximum atomic E-state index is 14.0. The SMILES string of the molecule is Cc1ccc(CN(C)Cc2ccc(C(N)=S)cc2F)cc1. The van der Waals surface area contributed by atoms with E-state index in [0.717, 1.165) is 6.54 Å². The van der Waals surface area contributed by atoms with Gasteiger partial charge >= 0.3 is 0 Å². The maximum absolute atomic E-state index is 14.0. The number of halogens is 1. The molecule has 2 rings (SSSR count). The molecule has 2 aromatic carbocycles. The fourth-order valence-electron chi connectivity index (χ4n) is 2.18. The highest BCUT2D eigenvalue weighted by Crippen LogP contribution is 2.14. The number of thiocarbonyl (C=S) groups is 1. The predicted molar refractivity (Wildman–Crippen MR) is 88.6 cm³/mol. The quantitative estimate of drug-likeness (QED) is 0.858. The zero-order chi connectivity index (χ0) is 15.4. The van der Waals surface area contributed by atoms with Gasteiger partial charge in [-0.2, -0.15) is 0 Å². The van der Waals surface area contributed by atoms with Crippen LogP contribution in [0.15, 0.2) is 42.5 Å². The molecule has 0 bridgehead atoms. The number of hydrogen-bond donors (Lipinski definition) is 1. The smallest absolute Gasteiger partial charge is 0.128 e. The fraction of sp³-hybridized carbons (Fsp3) is 0.235. The van der Waals surface area contributed by atoms with Crippen LogP contribution in [0.4, 0.5) is 4.39 Å². The van der Waals surface area contributed by atoms with E-state index in [2.05, 4.69) is 36.1 Å². The molecule has 0 atom stereocenters. The van der Waals surface area contributed by atoms with Gasteiger partial charge in [0.1, 0.15) is 10.8 Å². The lowest BCUT2D eigenvalue weighted by Crippen LogP contribution is -2.18. The molecule has 0 fully saturated rings. The molecule has 0 aliphatic rings. The molecule has 0 heterocycles. The van der Waals surface area contributed by atoms with E-state index in [4.69, 9.17) is 18.0 Å². The number of aryl methyl sites for hydroxylation is 1. The minimum Gasteiger partial charge on any atom is -0.389 e. The van der Waals surface area contributed by atoms with Crippen LogP contribution in [0.25, 0.3) is 0 Å². The van der Waals surface area contributed by atoms with Crippen molar-refractivity contribution in [3.8, 4) is 0 Å². The topological polar surface area (TPSA) is 29.3 Å². The highest BCUT2D eigenvalue weighted by atomic mass is 32.1. The third-order valence-electron chi connectivity index (χ3n) is 3.35. The summed E-state index contributed by atoms with van der Waals surface area (Å²) in [5, 5.41) is 0. The van der Waals surface area contributed by atoms with Crippen LogP contribution < -0.4 is 5.73 Å². The van der Waals surface area contributed by atoms with Crippen molar-refractivity contribution >= 4 is 17.2 Å². The molecule has 21 heavy (non-hydrogen) atoms. The molecule has 110 valence electrons. The minimum absolute atomic E-state index is 0.216. The molecule has 0 radical (unpaired) electrons. The van der Waals surface area contributed by atoms with Crippen LogP contribution in [0, 0.1) is 12.7 Å². The monoisotopic (exact) mass is 302 g/mol. The third kappa shape index (κ3) is 4.34. The van der Waals surface area contributed by atoms with Crippen LogP contribution >= 0.6 is 12.2 Å². The summed E-state index contributed by atoms with van der Waals surface area (Å²) >= 11 is 4.85. The van der Waals surface area contributed by atoms with E-state index in [0.29, 0.717) is 17.7 Å². The molecule has 0 saturated carbocycles. The third-order valence-corrected chi connectivity index (χ3v) is 3.59. The first-order valence-corrected chi connectivity index (χ1v) is 7.19. The molecular weight excluding hydrogens is 283 g/mol. The summed E-state index contributed by atoms with van der Waals surface area (Å²) in [7, 11) is 1.97. The second-order valence-electron chi connectivity index (χ2n) is 5.33. The van der Waals surface area contributed by atoms with Crippen molar-refractivity contribution in [2.24, 2.45) is 5.73 Å². The summed E-state index contributed by atoms with van der Waals surface area (Å²) < 4.78 is 14.0. The average molecular weight is 302 g/mol. The van der Waals surface area contributed by atoms with Gasteiger partial charge < -0.3 is 5.73 Å². The summed E-state index contributed by atoms with van der Waals surface area (Å²) in [6, 6.07) is 13.3. The van der Waals surface area contributed by atoms with Crippen molar-refractivity contribution in [1.82, 2.24) is 4.90 Å². The number of nitrogens with two attached hydrogens (primary N) is 1. The molecule has 2 aromatic rings. The van der Waals surface area contributed by atoms with Gasteiger partial charge in [0.2, 0.25) is 0 Å². The molecular formula is C17H19FN2S. The lowest BCUT2D eigenvalue weighted by Gasteiger charge is -2.17. The van der Waals surface area contributed by atoms with E-state index in [-0.39, 0.29) is 10.8 Å². The standard InChI is InChI=1S/C17H19FN2S/c1-12-3-5-13(6-4-12)10-20(2)11-15-8-7-14(17(19)21)9-16(15)18/h3-9H,10-11H2,1-2H3,(H2,19,21). The molecule has 0 aromatic heterocycles. The van der Waals surface area contributed by atoms with Gasteiger partial charge in [-0.1, -0.05) is 54.2 Å². The average Bonchev–Trinajstić information content (AvgIpc) is 2.43. The Morgan fingerprint density at radius 2 is 1.81 bits per heavy atom. The lowest BCUT2D eigenvalue weighted by atomic mass is 10.1. The van der Waals surface area contributed by atoms with Gasteiger partial charge in [-0.25, -0.2) is 4.39 Å². The first kappa shape index (κ1) is 15.6. The minimum atomic E-state index is -0.268. The summed E-state index contributed by atoms with van der Waals surface area (Å²) in [4.78, 5) is 2.29. The van der Waals surface area contributed by atoms with Gasteiger partial charge in [0, 0.05) is 24.2 Å². The Balaban J connectivity index is 2.04. The number of nitrogens with zero attached hydrogens (tertiary/aromatic N) is 1. The Morgan fingerprint density at radius 1 is 1.14 bits per heavy atom. The van der Waals surface area contributed by atoms with Crippen molar-refractivity contribution in [1.29, 1.82) is 0 Å². The van der Waals surface area contributed by atoms with Crippen LogP contribution in [0.5, 0.6) is 0 Å². The zero-order valence-corrected chi connectivity index (χ0v) is 13.1. The van der Waals surface area contributed by atoms with Crippen molar-refractivity contribution in [3.05, 3.63) is 70.5 Å².